The maximum atomic E-state index is 14.0. The first-order chi connectivity index (χ1) is 17.3. The summed E-state index contributed by atoms with van der Waals surface area (Å²) in [5.41, 5.74) is 5.62. The van der Waals surface area contributed by atoms with Crippen molar-refractivity contribution in [1.29, 1.82) is 0 Å². The minimum Gasteiger partial charge on any atom is -0.467 e. The number of ether oxygens (including phenoxy) is 1. The van der Waals surface area contributed by atoms with Gasteiger partial charge in [-0.1, -0.05) is 37.6 Å². The standard InChI is InChI=1S/C28H32N4O4/c1-5-8-22-26(33)32-23(27(34)36-4)14-20-19-9-6-7-10-21(19)30-25(20)24(32)15-31(22)28(35)29-18-12-16(2)11-17(3)13-18/h6-7,9-13,22-24,30H,5,8,14-15H2,1-4H3,(H,29,35)/t22-,23-,24-/m0/s1. The molecule has 2 aromatic carbocycles. The second-order valence-electron chi connectivity index (χ2n) is 9.83. The Morgan fingerprint density at radius 3 is 2.56 bits per heavy atom. The highest BCUT2D eigenvalue weighted by Crippen LogP contribution is 2.41. The summed E-state index contributed by atoms with van der Waals surface area (Å²) in [6.07, 6.45) is 1.61. The van der Waals surface area contributed by atoms with E-state index in [0.29, 0.717) is 18.5 Å². The third kappa shape index (κ3) is 4.00. The van der Waals surface area contributed by atoms with Crippen LogP contribution in [0, 0.1) is 13.8 Å². The highest BCUT2D eigenvalue weighted by atomic mass is 16.5. The number of aromatic amines is 1. The lowest BCUT2D eigenvalue weighted by atomic mass is 9.87. The minimum absolute atomic E-state index is 0.219. The molecular weight excluding hydrogens is 456 g/mol. The van der Waals surface area contributed by atoms with Crippen LogP contribution >= 0.6 is 0 Å². The van der Waals surface area contributed by atoms with E-state index in [1.54, 1.807) is 9.80 Å². The van der Waals surface area contributed by atoms with Gasteiger partial charge in [0.25, 0.3) is 0 Å². The molecular formula is C28H32N4O4. The van der Waals surface area contributed by atoms with Crippen LogP contribution in [0.2, 0.25) is 0 Å². The number of rotatable bonds is 4. The predicted molar refractivity (Wildman–Crippen MR) is 138 cm³/mol. The van der Waals surface area contributed by atoms with Gasteiger partial charge in [-0.05, 0) is 55.2 Å². The molecule has 188 valence electrons. The molecule has 0 spiro atoms. The number of hydrogen-bond donors (Lipinski definition) is 2. The molecule has 1 saturated heterocycles. The number of esters is 1. The van der Waals surface area contributed by atoms with E-state index >= 15 is 0 Å². The number of benzene rings is 2. The normalized spacial score (nSPS) is 21.2. The van der Waals surface area contributed by atoms with E-state index in [-0.39, 0.29) is 18.5 Å². The van der Waals surface area contributed by atoms with E-state index in [2.05, 4.69) is 10.3 Å². The summed E-state index contributed by atoms with van der Waals surface area (Å²) in [7, 11) is 1.35. The zero-order chi connectivity index (χ0) is 25.6. The van der Waals surface area contributed by atoms with Crippen LogP contribution in [-0.2, 0) is 20.7 Å². The molecule has 2 aliphatic rings. The molecule has 3 heterocycles. The van der Waals surface area contributed by atoms with Crippen molar-refractivity contribution in [2.24, 2.45) is 0 Å². The lowest BCUT2D eigenvalue weighted by Gasteiger charge is -2.49. The lowest BCUT2D eigenvalue weighted by Crippen LogP contribution is -2.65. The molecule has 1 aromatic heterocycles. The number of carbonyl (C=O) groups is 3. The van der Waals surface area contributed by atoms with Crippen LogP contribution in [0.25, 0.3) is 10.9 Å². The summed E-state index contributed by atoms with van der Waals surface area (Å²) in [6, 6.07) is 11.6. The van der Waals surface area contributed by atoms with Crippen LogP contribution in [0.1, 0.15) is 48.2 Å². The van der Waals surface area contributed by atoms with Gasteiger partial charge < -0.3 is 24.8 Å². The molecule has 3 amide bonds. The molecule has 8 nitrogen and oxygen atoms in total. The van der Waals surface area contributed by atoms with Crippen molar-refractivity contribution in [3.63, 3.8) is 0 Å². The molecule has 2 N–H and O–H groups in total. The molecule has 0 unspecified atom stereocenters. The number of nitrogens with one attached hydrogen (secondary N) is 2. The van der Waals surface area contributed by atoms with Crippen molar-refractivity contribution in [1.82, 2.24) is 14.8 Å². The van der Waals surface area contributed by atoms with Gasteiger partial charge in [-0.25, -0.2) is 9.59 Å². The number of nitrogens with zero attached hydrogens (tertiary/aromatic N) is 2. The van der Waals surface area contributed by atoms with Gasteiger partial charge >= 0.3 is 12.0 Å². The van der Waals surface area contributed by atoms with Crippen LogP contribution in [-0.4, -0.2) is 58.4 Å². The van der Waals surface area contributed by atoms with Gasteiger partial charge in [0, 0.05) is 35.2 Å². The first-order valence-electron chi connectivity index (χ1n) is 12.5. The number of para-hydroxylation sites is 1. The third-order valence-corrected chi connectivity index (χ3v) is 7.30. The molecule has 0 bridgehead atoms. The number of urea groups is 1. The summed E-state index contributed by atoms with van der Waals surface area (Å²) in [5, 5.41) is 4.03. The van der Waals surface area contributed by atoms with Crippen LogP contribution in [0.15, 0.2) is 42.5 Å². The van der Waals surface area contributed by atoms with E-state index in [1.807, 2.05) is 63.2 Å². The maximum Gasteiger partial charge on any atom is 0.328 e. The molecule has 1 fully saturated rings. The van der Waals surface area contributed by atoms with Gasteiger partial charge in [0.1, 0.15) is 12.1 Å². The number of piperazine rings is 1. The number of aryl methyl sites for hydroxylation is 2. The highest BCUT2D eigenvalue weighted by molar-refractivity contribution is 5.97. The molecule has 0 aliphatic carbocycles. The van der Waals surface area contributed by atoms with Crippen molar-refractivity contribution < 1.29 is 19.1 Å². The monoisotopic (exact) mass is 488 g/mol. The third-order valence-electron chi connectivity index (χ3n) is 7.30. The number of amides is 3. The predicted octanol–water partition coefficient (Wildman–Crippen LogP) is 4.47. The Hall–Kier alpha value is -3.81. The van der Waals surface area contributed by atoms with E-state index < -0.39 is 24.1 Å². The van der Waals surface area contributed by atoms with Crippen LogP contribution in [0.5, 0.6) is 0 Å². The first kappa shape index (κ1) is 23.9. The number of carbonyl (C=O) groups excluding carboxylic acids is 3. The highest BCUT2D eigenvalue weighted by Gasteiger charge is 2.51. The van der Waals surface area contributed by atoms with Gasteiger partial charge in [-0.2, -0.15) is 0 Å². The van der Waals surface area contributed by atoms with Gasteiger partial charge in [0.05, 0.1) is 13.2 Å². The van der Waals surface area contributed by atoms with Crippen molar-refractivity contribution in [2.75, 3.05) is 19.0 Å². The maximum absolute atomic E-state index is 14.0. The summed E-state index contributed by atoms with van der Waals surface area (Å²) in [6.45, 7) is 6.23. The van der Waals surface area contributed by atoms with E-state index in [1.165, 1.54) is 7.11 Å². The second kappa shape index (κ2) is 9.33. The SMILES string of the molecule is CCC[C@H]1C(=O)N2[C@H](C(=O)OC)Cc3c([nH]c4ccccc34)[C@@H]2CN1C(=O)Nc1cc(C)cc(C)c1. The Bertz CT molecular complexity index is 1330. The zero-order valence-electron chi connectivity index (χ0n) is 21.1. The van der Waals surface area contributed by atoms with Crippen molar-refractivity contribution in [3.8, 4) is 0 Å². The van der Waals surface area contributed by atoms with E-state index in [9.17, 15) is 14.4 Å². The van der Waals surface area contributed by atoms with Crippen LogP contribution in [0.4, 0.5) is 10.5 Å². The molecule has 0 saturated carbocycles. The Labute approximate surface area is 210 Å². The van der Waals surface area contributed by atoms with Gasteiger partial charge in [0.15, 0.2) is 0 Å². The number of anilines is 1. The Balaban J connectivity index is 1.56. The first-order valence-corrected chi connectivity index (χ1v) is 12.5. The van der Waals surface area contributed by atoms with Crippen LogP contribution in [0.3, 0.4) is 0 Å². The summed E-state index contributed by atoms with van der Waals surface area (Å²) in [5.74, 6) is -0.656. The molecule has 36 heavy (non-hydrogen) atoms. The number of hydrogen-bond acceptors (Lipinski definition) is 4. The van der Waals surface area contributed by atoms with E-state index in [4.69, 9.17) is 4.74 Å². The number of methoxy groups -OCH3 is 1. The molecule has 3 atom stereocenters. The van der Waals surface area contributed by atoms with Crippen molar-refractivity contribution in [2.45, 2.75) is 58.2 Å². The largest absolute Gasteiger partial charge is 0.467 e. The van der Waals surface area contributed by atoms with Gasteiger partial charge in [-0.15, -0.1) is 0 Å². The second-order valence-corrected chi connectivity index (χ2v) is 9.83. The Kier molecular flexibility index (Phi) is 6.20. The van der Waals surface area contributed by atoms with Gasteiger partial charge in [0.2, 0.25) is 5.91 Å². The molecule has 0 radical (unpaired) electrons. The average Bonchev–Trinajstić information content (AvgIpc) is 3.22. The topological polar surface area (TPSA) is 94.7 Å². The van der Waals surface area contributed by atoms with Crippen molar-refractivity contribution in [3.05, 3.63) is 64.8 Å². The molecule has 2 aliphatic heterocycles. The number of fused-ring (bicyclic) bond motifs is 5. The van der Waals surface area contributed by atoms with Crippen LogP contribution < -0.4 is 5.32 Å². The smallest absolute Gasteiger partial charge is 0.328 e. The fraction of sp³-hybridized carbons (Fsp3) is 0.393. The number of H-pyrrole nitrogens is 1. The summed E-state index contributed by atoms with van der Waals surface area (Å²) < 4.78 is 5.13. The minimum atomic E-state index is -0.733. The van der Waals surface area contributed by atoms with Crippen molar-refractivity contribution >= 4 is 34.5 Å². The quantitative estimate of drug-likeness (QED) is 0.530. The van der Waals surface area contributed by atoms with E-state index in [0.717, 1.165) is 39.7 Å². The Morgan fingerprint density at radius 1 is 1.14 bits per heavy atom. The number of aromatic nitrogens is 1. The summed E-state index contributed by atoms with van der Waals surface area (Å²) in [4.78, 5) is 47.2. The fourth-order valence-electron chi connectivity index (χ4n) is 5.83. The average molecular weight is 489 g/mol. The fourth-order valence-corrected chi connectivity index (χ4v) is 5.83. The Morgan fingerprint density at radius 2 is 1.86 bits per heavy atom. The molecule has 8 heteroatoms. The lowest BCUT2D eigenvalue weighted by molar-refractivity contribution is -0.162. The molecule has 5 rings (SSSR count). The zero-order valence-corrected chi connectivity index (χ0v) is 21.1. The summed E-state index contributed by atoms with van der Waals surface area (Å²) >= 11 is 0. The van der Waals surface area contributed by atoms with Gasteiger partial charge in [-0.3, -0.25) is 4.79 Å². The molecule has 3 aromatic rings.